The second-order valence-corrected chi connectivity index (χ2v) is 7.93. The molecular weight excluding hydrogens is 336 g/mol. The van der Waals surface area contributed by atoms with Gasteiger partial charge in [-0.25, -0.2) is 0 Å². The maximum absolute atomic E-state index is 5.98. The first kappa shape index (κ1) is 17.6. The van der Waals surface area contributed by atoms with E-state index < -0.39 is 0 Å². The smallest absolute Gasteiger partial charge is 0.123 e. The SMILES string of the molecule is c1ccc2c(c1)CSCCCSCc1ccccc1OCCCO2. The van der Waals surface area contributed by atoms with Crippen LogP contribution in [0.4, 0.5) is 0 Å². The zero-order valence-electron chi connectivity index (χ0n) is 13.9. The van der Waals surface area contributed by atoms with Crippen molar-refractivity contribution in [1.29, 1.82) is 0 Å². The van der Waals surface area contributed by atoms with Crippen LogP contribution in [0, 0.1) is 0 Å². The Balaban J connectivity index is 1.63. The van der Waals surface area contributed by atoms with E-state index >= 15 is 0 Å². The lowest BCUT2D eigenvalue weighted by Crippen LogP contribution is -2.07. The summed E-state index contributed by atoms with van der Waals surface area (Å²) < 4.78 is 12.0. The van der Waals surface area contributed by atoms with Gasteiger partial charge in [0.25, 0.3) is 0 Å². The predicted molar refractivity (Wildman–Crippen MR) is 105 cm³/mol. The van der Waals surface area contributed by atoms with Gasteiger partial charge in [-0.15, -0.1) is 0 Å². The summed E-state index contributed by atoms with van der Waals surface area (Å²) in [5.41, 5.74) is 2.60. The zero-order valence-corrected chi connectivity index (χ0v) is 15.5. The Bertz CT molecular complexity index is 577. The molecule has 4 heteroatoms. The molecule has 0 fully saturated rings. The first-order chi connectivity index (χ1) is 11.9. The van der Waals surface area contributed by atoms with E-state index in [1.165, 1.54) is 29.1 Å². The third kappa shape index (κ3) is 5.38. The molecule has 0 bridgehead atoms. The summed E-state index contributed by atoms with van der Waals surface area (Å²) in [7, 11) is 0. The van der Waals surface area contributed by atoms with E-state index in [0.717, 1.165) is 29.4 Å². The van der Waals surface area contributed by atoms with Gasteiger partial charge in [-0.2, -0.15) is 23.5 Å². The van der Waals surface area contributed by atoms with Crippen molar-refractivity contribution >= 4 is 23.5 Å². The summed E-state index contributed by atoms with van der Waals surface area (Å²) in [6.07, 6.45) is 2.13. The predicted octanol–water partition coefficient (Wildman–Crippen LogP) is 5.40. The highest BCUT2D eigenvalue weighted by molar-refractivity contribution is 7.99. The van der Waals surface area contributed by atoms with Crippen LogP contribution in [0.2, 0.25) is 0 Å². The van der Waals surface area contributed by atoms with Crippen LogP contribution in [0.5, 0.6) is 11.5 Å². The van der Waals surface area contributed by atoms with E-state index in [0.29, 0.717) is 13.2 Å². The highest BCUT2D eigenvalue weighted by atomic mass is 32.2. The number of ether oxygens (including phenoxy) is 2. The minimum atomic E-state index is 0.693. The molecule has 3 rings (SSSR count). The first-order valence-electron chi connectivity index (χ1n) is 8.50. The van der Waals surface area contributed by atoms with Crippen molar-refractivity contribution in [1.82, 2.24) is 0 Å². The molecule has 1 heterocycles. The van der Waals surface area contributed by atoms with Gasteiger partial charge in [0, 0.05) is 29.1 Å². The molecule has 1 aliphatic heterocycles. The van der Waals surface area contributed by atoms with Crippen molar-refractivity contribution in [2.75, 3.05) is 24.7 Å². The molecule has 2 aromatic rings. The van der Waals surface area contributed by atoms with Gasteiger partial charge in [0.2, 0.25) is 0 Å². The van der Waals surface area contributed by atoms with Gasteiger partial charge in [-0.1, -0.05) is 36.4 Å². The van der Waals surface area contributed by atoms with Gasteiger partial charge in [0.15, 0.2) is 0 Å². The maximum Gasteiger partial charge on any atom is 0.123 e. The van der Waals surface area contributed by atoms with Crippen LogP contribution in [-0.2, 0) is 11.5 Å². The quantitative estimate of drug-likeness (QED) is 0.625. The molecule has 0 unspecified atom stereocenters. The average molecular weight is 361 g/mol. The molecule has 0 aliphatic carbocycles. The van der Waals surface area contributed by atoms with Crippen molar-refractivity contribution in [3.63, 3.8) is 0 Å². The third-order valence-corrected chi connectivity index (χ3v) is 6.03. The minimum absolute atomic E-state index is 0.693. The first-order valence-corrected chi connectivity index (χ1v) is 10.8. The van der Waals surface area contributed by atoms with Crippen LogP contribution >= 0.6 is 23.5 Å². The summed E-state index contributed by atoms with van der Waals surface area (Å²) in [5.74, 6) is 6.48. The standard InChI is InChI=1S/C20H24O2S2/c1-3-9-19-17(7-1)15-23-13-6-14-24-16-18-8-2-4-10-20(18)22-12-5-11-21-19/h1-4,7-10H,5-6,11-16H2. The molecule has 1 aliphatic rings. The lowest BCUT2D eigenvalue weighted by atomic mass is 10.2. The van der Waals surface area contributed by atoms with Crippen molar-refractivity contribution in [2.45, 2.75) is 24.3 Å². The number of hydrogen-bond donors (Lipinski definition) is 0. The van der Waals surface area contributed by atoms with E-state index in [9.17, 15) is 0 Å². The second kappa shape index (κ2) is 9.90. The van der Waals surface area contributed by atoms with Crippen molar-refractivity contribution in [2.24, 2.45) is 0 Å². The number of para-hydroxylation sites is 2. The lowest BCUT2D eigenvalue weighted by Gasteiger charge is -2.14. The van der Waals surface area contributed by atoms with Gasteiger partial charge in [-0.05, 0) is 30.1 Å². The second-order valence-electron chi connectivity index (χ2n) is 5.72. The largest absolute Gasteiger partial charge is 0.493 e. The Morgan fingerprint density at radius 3 is 1.67 bits per heavy atom. The highest BCUT2D eigenvalue weighted by Gasteiger charge is 2.06. The van der Waals surface area contributed by atoms with Crippen LogP contribution in [0.15, 0.2) is 48.5 Å². The molecule has 0 N–H and O–H groups in total. The van der Waals surface area contributed by atoms with E-state index in [-0.39, 0.29) is 0 Å². The van der Waals surface area contributed by atoms with Crippen LogP contribution in [0.25, 0.3) is 0 Å². The molecule has 0 amide bonds. The Hall–Kier alpha value is -1.26. The fraction of sp³-hybridized carbons (Fsp3) is 0.400. The number of fused-ring (bicyclic) bond motifs is 2. The average Bonchev–Trinajstić information content (AvgIpc) is 2.62. The number of benzene rings is 2. The summed E-state index contributed by atoms with van der Waals surface area (Å²) >= 11 is 4.00. The molecule has 0 radical (unpaired) electrons. The van der Waals surface area contributed by atoms with Crippen LogP contribution < -0.4 is 9.47 Å². The van der Waals surface area contributed by atoms with Crippen LogP contribution in [0.3, 0.4) is 0 Å². The van der Waals surface area contributed by atoms with Crippen LogP contribution in [-0.4, -0.2) is 24.7 Å². The zero-order chi connectivity index (χ0) is 16.5. The molecule has 0 spiro atoms. The topological polar surface area (TPSA) is 18.5 Å². The molecule has 24 heavy (non-hydrogen) atoms. The Kier molecular flexibility index (Phi) is 7.24. The maximum atomic E-state index is 5.98. The van der Waals surface area contributed by atoms with E-state index in [2.05, 4.69) is 36.4 Å². The van der Waals surface area contributed by atoms with E-state index in [4.69, 9.17) is 9.47 Å². The van der Waals surface area contributed by atoms with Crippen molar-refractivity contribution < 1.29 is 9.47 Å². The number of rotatable bonds is 0. The van der Waals surface area contributed by atoms with E-state index in [1.54, 1.807) is 0 Å². The normalized spacial score (nSPS) is 17.0. The summed E-state index contributed by atoms with van der Waals surface area (Å²) in [4.78, 5) is 0. The van der Waals surface area contributed by atoms with E-state index in [1.807, 2.05) is 35.7 Å². The highest BCUT2D eigenvalue weighted by Crippen LogP contribution is 2.26. The Morgan fingerprint density at radius 1 is 0.625 bits per heavy atom. The third-order valence-electron chi connectivity index (χ3n) is 3.84. The van der Waals surface area contributed by atoms with Gasteiger partial charge in [0.05, 0.1) is 13.2 Å². The fourth-order valence-electron chi connectivity index (χ4n) is 2.58. The minimum Gasteiger partial charge on any atom is -0.493 e. The molecular formula is C20H24O2S2. The van der Waals surface area contributed by atoms with Gasteiger partial charge in [0.1, 0.15) is 11.5 Å². The van der Waals surface area contributed by atoms with Gasteiger partial charge < -0.3 is 9.47 Å². The number of hydrogen-bond acceptors (Lipinski definition) is 4. The van der Waals surface area contributed by atoms with Gasteiger partial charge in [-0.3, -0.25) is 0 Å². The molecule has 2 aromatic carbocycles. The van der Waals surface area contributed by atoms with Crippen molar-refractivity contribution in [3.8, 4) is 11.5 Å². The molecule has 2 nitrogen and oxygen atoms in total. The summed E-state index contributed by atoms with van der Waals surface area (Å²) in [5, 5.41) is 0. The van der Waals surface area contributed by atoms with Crippen LogP contribution in [0.1, 0.15) is 24.0 Å². The Morgan fingerprint density at radius 2 is 1.12 bits per heavy atom. The Labute approximate surface area is 153 Å². The van der Waals surface area contributed by atoms with Gasteiger partial charge >= 0.3 is 0 Å². The fourth-order valence-corrected chi connectivity index (χ4v) is 4.66. The summed E-state index contributed by atoms with van der Waals surface area (Å²) in [6.45, 7) is 1.39. The molecule has 128 valence electrons. The number of thioether (sulfide) groups is 2. The molecule has 0 atom stereocenters. The lowest BCUT2D eigenvalue weighted by molar-refractivity contribution is 0.245. The molecule has 0 saturated heterocycles. The summed E-state index contributed by atoms with van der Waals surface area (Å²) in [6, 6.07) is 16.8. The monoisotopic (exact) mass is 360 g/mol. The molecule has 0 saturated carbocycles. The molecule has 0 aromatic heterocycles. The van der Waals surface area contributed by atoms with Crippen molar-refractivity contribution in [3.05, 3.63) is 59.7 Å².